The summed E-state index contributed by atoms with van der Waals surface area (Å²) in [5, 5.41) is 0. The van der Waals surface area contributed by atoms with Crippen LogP contribution < -0.4 is 10.6 Å². The summed E-state index contributed by atoms with van der Waals surface area (Å²) in [5.41, 5.74) is 9.82. The maximum absolute atomic E-state index is 12.9. The minimum absolute atomic E-state index is 0.0284. The Kier molecular flexibility index (Phi) is 5.88. The van der Waals surface area contributed by atoms with Crippen molar-refractivity contribution in [3.8, 4) is 0 Å². The predicted molar refractivity (Wildman–Crippen MR) is 118 cm³/mol. The molecule has 154 valence electrons. The minimum Gasteiger partial charge on any atom is -0.350 e. The van der Waals surface area contributed by atoms with Crippen molar-refractivity contribution in [1.82, 2.24) is 14.9 Å². The lowest BCUT2D eigenvalue weighted by Gasteiger charge is -2.42. The first-order valence-electron chi connectivity index (χ1n) is 10.3. The van der Waals surface area contributed by atoms with Gasteiger partial charge in [-0.2, -0.15) is 0 Å². The highest BCUT2D eigenvalue weighted by molar-refractivity contribution is 9.10. The molecular weight excluding hydrogens is 430 g/mol. The summed E-state index contributed by atoms with van der Waals surface area (Å²) >= 11 is 3.44. The highest BCUT2D eigenvalue weighted by atomic mass is 79.9. The average molecular weight is 458 g/mol. The Hall–Kier alpha value is -1.99. The fraction of sp³-hybridized carbons (Fsp3) is 0.500. The number of aryl methyl sites for hydroxylation is 1. The van der Waals surface area contributed by atoms with Gasteiger partial charge < -0.3 is 15.5 Å². The second kappa shape index (κ2) is 8.40. The summed E-state index contributed by atoms with van der Waals surface area (Å²) in [6.45, 7) is 6.52. The number of anilines is 1. The van der Waals surface area contributed by atoms with E-state index in [2.05, 4.69) is 44.6 Å². The monoisotopic (exact) mass is 457 g/mol. The van der Waals surface area contributed by atoms with Crippen LogP contribution in [-0.2, 0) is 17.6 Å². The molecule has 1 aromatic heterocycles. The van der Waals surface area contributed by atoms with E-state index in [1.807, 2.05) is 29.2 Å². The maximum atomic E-state index is 12.9. The summed E-state index contributed by atoms with van der Waals surface area (Å²) in [6.07, 6.45) is 4.41. The molecule has 2 aromatic rings. The van der Waals surface area contributed by atoms with E-state index < -0.39 is 6.04 Å². The van der Waals surface area contributed by atoms with Gasteiger partial charge in [-0.25, -0.2) is 9.97 Å². The number of piperazine rings is 1. The third-order valence-corrected chi connectivity index (χ3v) is 6.68. The molecule has 0 saturated carbocycles. The molecule has 3 atom stereocenters. The summed E-state index contributed by atoms with van der Waals surface area (Å²) in [6, 6.07) is 7.66. The van der Waals surface area contributed by atoms with E-state index in [1.54, 1.807) is 6.33 Å². The van der Waals surface area contributed by atoms with Gasteiger partial charge in [-0.05, 0) is 49.8 Å². The second-order valence-corrected chi connectivity index (χ2v) is 9.18. The Morgan fingerprint density at radius 2 is 2.00 bits per heavy atom. The largest absolute Gasteiger partial charge is 0.350 e. The molecule has 2 heterocycles. The molecule has 2 aliphatic rings. The Morgan fingerprint density at radius 3 is 2.72 bits per heavy atom. The number of carbonyl (C=O) groups is 1. The number of halogens is 1. The van der Waals surface area contributed by atoms with Gasteiger partial charge in [0.2, 0.25) is 5.91 Å². The van der Waals surface area contributed by atoms with Crippen molar-refractivity contribution >= 4 is 27.7 Å². The molecule has 0 bridgehead atoms. The van der Waals surface area contributed by atoms with Gasteiger partial charge in [0.05, 0.1) is 6.04 Å². The molecule has 1 saturated heterocycles. The first-order chi connectivity index (χ1) is 13.9. The van der Waals surface area contributed by atoms with Gasteiger partial charge in [-0.3, -0.25) is 4.79 Å². The molecule has 1 aliphatic carbocycles. The smallest absolute Gasteiger partial charge is 0.239 e. The summed E-state index contributed by atoms with van der Waals surface area (Å²) in [7, 11) is 0. The molecule has 1 aliphatic heterocycles. The SMILES string of the molecule is C[C@@H]1CCc2ncnc(N3CCN(C(=O)[C@H](N)Cc4ccc(Br)cc4)C[C@@H]3C)c21. The van der Waals surface area contributed by atoms with Crippen LogP contribution in [0.1, 0.15) is 43.0 Å². The van der Waals surface area contributed by atoms with Gasteiger partial charge >= 0.3 is 0 Å². The van der Waals surface area contributed by atoms with Crippen molar-refractivity contribution in [2.24, 2.45) is 5.73 Å². The molecule has 29 heavy (non-hydrogen) atoms. The van der Waals surface area contributed by atoms with Crippen LogP contribution in [-0.4, -0.2) is 52.5 Å². The number of hydrogen-bond donors (Lipinski definition) is 1. The molecule has 4 rings (SSSR count). The molecule has 1 fully saturated rings. The number of fused-ring (bicyclic) bond motifs is 1. The van der Waals surface area contributed by atoms with E-state index in [1.165, 1.54) is 11.3 Å². The van der Waals surface area contributed by atoms with E-state index in [9.17, 15) is 4.79 Å². The lowest BCUT2D eigenvalue weighted by molar-refractivity contribution is -0.133. The van der Waals surface area contributed by atoms with E-state index in [4.69, 9.17) is 5.73 Å². The second-order valence-electron chi connectivity index (χ2n) is 8.26. The minimum atomic E-state index is -0.516. The Labute approximate surface area is 180 Å². The molecule has 0 spiro atoms. The predicted octanol–water partition coefficient (Wildman–Crippen LogP) is 2.90. The van der Waals surface area contributed by atoms with E-state index in [0.717, 1.165) is 35.2 Å². The Morgan fingerprint density at radius 1 is 1.24 bits per heavy atom. The number of benzene rings is 1. The van der Waals surface area contributed by atoms with E-state index in [-0.39, 0.29) is 11.9 Å². The van der Waals surface area contributed by atoms with Crippen LogP contribution in [0, 0.1) is 0 Å². The zero-order valence-corrected chi connectivity index (χ0v) is 18.6. The molecule has 7 heteroatoms. The fourth-order valence-electron chi connectivity index (χ4n) is 4.52. The molecule has 1 aromatic carbocycles. The van der Waals surface area contributed by atoms with Gasteiger partial charge in [0.15, 0.2) is 0 Å². The molecule has 0 radical (unpaired) electrons. The van der Waals surface area contributed by atoms with Crippen molar-refractivity contribution < 1.29 is 4.79 Å². The van der Waals surface area contributed by atoms with Crippen LogP contribution in [0.5, 0.6) is 0 Å². The molecular formula is C22H28BrN5O. The van der Waals surface area contributed by atoms with Crippen LogP contribution >= 0.6 is 15.9 Å². The number of aromatic nitrogens is 2. The summed E-state index contributed by atoms with van der Waals surface area (Å²) in [4.78, 5) is 26.3. The van der Waals surface area contributed by atoms with Crippen LogP contribution in [0.2, 0.25) is 0 Å². The average Bonchev–Trinajstić information content (AvgIpc) is 3.10. The Balaban J connectivity index is 1.42. The van der Waals surface area contributed by atoms with Gasteiger partial charge in [-0.15, -0.1) is 0 Å². The zero-order chi connectivity index (χ0) is 20.5. The van der Waals surface area contributed by atoms with Gasteiger partial charge in [0, 0.05) is 41.4 Å². The number of nitrogens with zero attached hydrogens (tertiary/aromatic N) is 4. The number of hydrogen-bond acceptors (Lipinski definition) is 5. The highest BCUT2D eigenvalue weighted by Gasteiger charge is 2.33. The van der Waals surface area contributed by atoms with Crippen LogP contribution in [0.15, 0.2) is 35.1 Å². The van der Waals surface area contributed by atoms with Gasteiger partial charge in [-0.1, -0.05) is 35.0 Å². The van der Waals surface area contributed by atoms with Gasteiger partial charge in [0.25, 0.3) is 0 Å². The maximum Gasteiger partial charge on any atom is 0.239 e. The lowest BCUT2D eigenvalue weighted by atomic mass is 10.0. The Bertz CT molecular complexity index is 887. The quantitative estimate of drug-likeness (QED) is 0.763. The topological polar surface area (TPSA) is 75.4 Å². The van der Waals surface area contributed by atoms with Crippen LogP contribution in [0.25, 0.3) is 0 Å². The molecule has 6 nitrogen and oxygen atoms in total. The van der Waals surface area contributed by atoms with Crippen molar-refractivity contribution in [1.29, 1.82) is 0 Å². The van der Waals surface area contributed by atoms with Crippen molar-refractivity contribution in [3.63, 3.8) is 0 Å². The first-order valence-corrected chi connectivity index (χ1v) is 11.1. The standard InChI is InChI=1S/C22H28BrN5O/c1-14-3-8-19-20(14)21(26-13-25-19)28-10-9-27(12-15(28)2)22(29)18(24)11-16-4-6-17(23)7-5-16/h4-7,13-15,18H,3,8-12,24H2,1-2H3/t14-,15+,18-/m1/s1. The summed E-state index contributed by atoms with van der Waals surface area (Å²) < 4.78 is 1.02. The van der Waals surface area contributed by atoms with E-state index in [0.29, 0.717) is 25.4 Å². The zero-order valence-electron chi connectivity index (χ0n) is 17.0. The van der Waals surface area contributed by atoms with E-state index >= 15 is 0 Å². The lowest BCUT2D eigenvalue weighted by Crippen LogP contribution is -2.57. The third kappa shape index (κ3) is 4.16. The van der Waals surface area contributed by atoms with Crippen molar-refractivity contribution in [2.75, 3.05) is 24.5 Å². The summed E-state index contributed by atoms with van der Waals surface area (Å²) in [5.74, 6) is 1.58. The molecule has 0 unspecified atom stereocenters. The van der Waals surface area contributed by atoms with Gasteiger partial charge in [0.1, 0.15) is 12.1 Å². The molecule has 2 N–H and O–H groups in total. The third-order valence-electron chi connectivity index (χ3n) is 6.15. The van der Waals surface area contributed by atoms with Crippen molar-refractivity contribution in [2.45, 2.75) is 51.1 Å². The highest BCUT2D eigenvalue weighted by Crippen LogP contribution is 2.38. The first kappa shape index (κ1) is 20.3. The number of nitrogens with two attached hydrogens (primary N) is 1. The normalized spacial score (nSPS) is 22.5. The number of rotatable bonds is 4. The fourth-order valence-corrected chi connectivity index (χ4v) is 4.78. The van der Waals surface area contributed by atoms with Crippen LogP contribution in [0.4, 0.5) is 5.82 Å². The van der Waals surface area contributed by atoms with Crippen molar-refractivity contribution in [3.05, 3.63) is 51.9 Å². The molecule has 1 amide bonds. The van der Waals surface area contributed by atoms with Crippen LogP contribution in [0.3, 0.4) is 0 Å². The number of carbonyl (C=O) groups excluding carboxylic acids is 1. The number of amides is 1.